The summed E-state index contributed by atoms with van der Waals surface area (Å²) in [6.45, 7) is 4.41. The molecule has 0 aliphatic rings. The Morgan fingerprint density at radius 1 is 0.460 bits per heavy atom. The first kappa shape index (κ1) is 37.5. The molecule has 2 radical (unpaired) electrons. The van der Waals surface area contributed by atoms with Crippen LogP contribution in [0.1, 0.15) is 25.0 Å². The van der Waals surface area contributed by atoms with Gasteiger partial charge in [-0.1, -0.05) is 169 Å². The van der Waals surface area contributed by atoms with E-state index < -0.39 is 20.8 Å². The van der Waals surface area contributed by atoms with Gasteiger partial charge in [-0.25, -0.2) is 0 Å². The zero-order valence-corrected chi connectivity index (χ0v) is 33.5. The molecule has 0 saturated heterocycles. The Morgan fingerprint density at radius 2 is 0.800 bits per heavy atom. The second kappa shape index (κ2) is 20.2. The molecular formula is C46H40Cl2SiZr. The average Bonchev–Trinajstić information content (AvgIpc) is 3.82. The molecule has 246 valence electrons. The van der Waals surface area contributed by atoms with E-state index in [0.717, 1.165) is 22.4 Å². The van der Waals surface area contributed by atoms with Gasteiger partial charge < -0.3 is 0 Å². The van der Waals surface area contributed by atoms with Crippen molar-refractivity contribution >= 4 is 58.5 Å². The number of aryl methyl sites for hydroxylation is 2. The minimum Gasteiger partial charge on any atom is -0.0631 e. The van der Waals surface area contributed by atoms with Crippen molar-refractivity contribution in [1.29, 1.82) is 0 Å². The van der Waals surface area contributed by atoms with Gasteiger partial charge in [-0.05, 0) is 24.0 Å². The van der Waals surface area contributed by atoms with E-state index in [1.165, 1.54) is 65.3 Å². The van der Waals surface area contributed by atoms with E-state index >= 15 is 0 Å². The summed E-state index contributed by atoms with van der Waals surface area (Å²) in [6, 6.07) is 64.7. The molecule has 0 aliphatic carbocycles. The van der Waals surface area contributed by atoms with Gasteiger partial charge in [-0.15, -0.1) is 69.1 Å². The first-order valence-corrected chi connectivity index (χ1v) is 24.3. The first-order chi connectivity index (χ1) is 24.6. The van der Waals surface area contributed by atoms with E-state index in [1.807, 2.05) is 0 Å². The summed E-state index contributed by atoms with van der Waals surface area (Å²) in [5.74, 6) is 0. The van der Waals surface area contributed by atoms with Gasteiger partial charge in [0.2, 0.25) is 0 Å². The molecule has 0 amide bonds. The molecule has 0 atom stereocenters. The minimum absolute atomic E-state index is 0.777. The summed E-state index contributed by atoms with van der Waals surface area (Å²) in [5.41, 5.74) is 8.11. The Hall–Kier alpha value is -3.78. The van der Waals surface area contributed by atoms with Crippen LogP contribution in [0.15, 0.2) is 182 Å². The molecule has 8 aromatic carbocycles. The third-order valence-corrected chi connectivity index (χ3v) is 9.69. The van der Waals surface area contributed by atoms with E-state index in [9.17, 15) is 0 Å². The second-order valence-electron chi connectivity index (χ2n) is 11.7. The third kappa shape index (κ3) is 10.6. The average molecular weight is 783 g/mol. The Bertz CT molecular complexity index is 1980. The van der Waals surface area contributed by atoms with E-state index in [2.05, 4.69) is 196 Å². The summed E-state index contributed by atoms with van der Waals surface area (Å²) in [5, 5.41) is 8.24. The standard InChI is InChI=1S/2C17H15.C12H10Si.2ClH.Zr/c2*1-2-13-11-15-9-6-10-16(17(15)12-13)14-7-4-3-5-8-14;1-3-7-11(8-4-1)13-12-9-5-2-6-10-12;;;/h2*3-12H,2H2,1H3;1-10H;2*1H;/q2*-1;;;;+4/p-2. The maximum Gasteiger partial charge on any atom is 0.121 e. The molecule has 50 heavy (non-hydrogen) atoms. The van der Waals surface area contributed by atoms with E-state index in [-0.39, 0.29) is 0 Å². The fourth-order valence-electron chi connectivity index (χ4n) is 5.95. The van der Waals surface area contributed by atoms with Gasteiger partial charge in [0.1, 0.15) is 9.52 Å². The summed E-state index contributed by atoms with van der Waals surface area (Å²) in [6.07, 6.45) is 2.20. The number of rotatable bonds is 6. The summed E-state index contributed by atoms with van der Waals surface area (Å²) < 4.78 is 0. The molecule has 0 spiro atoms. The Balaban J connectivity index is 0.000000142. The van der Waals surface area contributed by atoms with E-state index in [1.54, 1.807) is 0 Å². The molecule has 0 fully saturated rings. The van der Waals surface area contributed by atoms with Gasteiger partial charge >= 0.3 is 37.9 Å². The molecule has 0 aliphatic heterocycles. The Kier molecular flexibility index (Phi) is 15.1. The van der Waals surface area contributed by atoms with Crippen molar-refractivity contribution in [2.24, 2.45) is 0 Å². The quantitative estimate of drug-likeness (QED) is 0.116. The zero-order chi connectivity index (χ0) is 35.0. The largest absolute Gasteiger partial charge is 0.121 e. The molecular weight excluding hydrogens is 743 g/mol. The van der Waals surface area contributed by atoms with Gasteiger partial charge in [0.05, 0.1) is 0 Å². The van der Waals surface area contributed by atoms with Crippen LogP contribution in [0.2, 0.25) is 0 Å². The van der Waals surface area contributed by atoms with Crippen molar-refractivity contribution < 1.29 is 20.8 Å². The van der Waals surface area contributed by atoms with Gasteiger partial charge in [-0.2, -0.15) is 12.1 Å². The van der Waals surface area contributed by atoms with Crippen molar-refractivity contribution in [3.05, 3.63) is 193 Å². The van der Waals surface area contributed by atoms with Crippen molar-refractivity contribution in [3.8, 4) is 22.3 Å². The first-order valence-electron chi connectivity index (χ1n) is 16.9. The minimum atomic E-state index is -0.826. The van der Waals surface area contributed by atoms with Crippen LogP contribution in [-0.4, -0.2) is 9.52 Å². The maximum absolute atomic E-state index is 4.93. The van der Waals surface area contributed by atoms with Crippen molar-refractivity contribution in [2.45, 2.75) is 26.7 Å². The topological polar surface area (TPSA) is 0 Å². The number of fused-ring (bicyclic) bond motifs is 2. The van der Waals surface area contributed by atoms with Crippen LogP contribution in [0.3, 0.4) is 0 Å². The van der Waals surface area contributed by atoms with E-state index in [0.29, 0.717) is 0 Å². The third-order valence-electron chi connectivity index (χ3n) is 8.44. The molecule has 0 N–H and O–H groups in total. The normalized spacial score (nSPS) is 10.2. The van der Waals surface area contributed by atoms with Crippen LogP contribution < -0.4 is 10.4 Å². The molecule has 4 heteroatoms. The van der Waals surface area contributed by atoms with Gasteiger partial charge in [0.25, 0.3) is 0 Å². The molecule has 0 bridgehead atoms. The molecule has 8 rings (SSSR count). The van der Waals surface area contributed by atoms with E-state index in [4.69, 9.17) is 17.0 Å². The van der Waals surface area contributed by atoms with Gasteiger partial charge in [0.15, 0.2) is 0 Å². The monoisotopic (exact) mass is 780 g/mol. The fourth-order valence-corrected chi connectivity index (χ4v) is 7.00. The molecule has 0 saturated carbocycles. The van der Waals surface area contributed by atoms with Crippen LogP contribution in [0.25, 0.3) is 43.8 Å². The van der Waals surface area contributed by atoms with Gasteiger partial charge in [0, 0.05) is 0 Å². The van der Waals surface area contributed by atoms with Crippen molar-refractivity contribution in [3.63, 3.8) is 0 Å². The van der Waals surface area contributed by atoms with Crippen LogP contribution in [0.5, 0.6) is 0 Å². The molecule has 0 nitrogen and oxygen atoms in total. The zero-order valence-electron chi connectivity index (χ0n) is 28.5. The number of hydrogen-bond donors (Lipinski definition) is 0. The number of hydrogen-bond acceptors (Lipinski definition) is 0. The SMILES string of the molecule is CCc1cc2c(-c3ccccc3)cccc2[cH-]1.CCc1cc2c(-c3ccccc3)cccc2[cH-]1.[Cl][Zr+2][Cl].c1ccc([Si]c2ccccc2)cc1. The maximum atomic E-state index is 4.93. The molecule has 0 heterocycles. The smallest absolute Gasteiger partial charge is 0.0631 e. The van der Waals surface area contributed by atoms with Gasteiger partial charge in [-0.3, -0.25) is 0 Å². The molecule has 0 aromatic heterocycles. The van der Waals surface area contributed by atoms with Crippen LogP contribution >= 0.6 is 17.0 Å². The predicted molar refractivity (Wildman–Crippen MR) is 218 cm³/mol. The van der Waals surface area contributed by atoms with Crippen LogP contribution in [0.4, 0.5) is 0 Å². The van der Waals surface area contributed by atoms with Crippen LogP contribution in [-0.2, 0) is 33.7 Å². The predicted octanol–water partition coefficient (Wildman–Crippen LogP) is 12.3. The molecule has 0 unspecified atom stereocenters. The summed E-state index contributed by atoms with van der Waals surface area (Å²) >= 11 is -0.826. The van der Waals surface area contributed by atoms with Crippen molar-refractivity contribution in [1.82, 2.24) is 0 Å². The summed E-state index contributed by atoms with van der Waals surface area (Å²) in [7, 11) is 10.6. The second-order valence-corrected chi connectivity index (χ2v) is 16.8. The fraction of sp³-hybridized carbons (Fsp3) is 0.0870. The number of halogens is 2. The summed E-state index contributed by atoms with van der Waals surface area (Å²) in [4.78, 5) is 0. The Morgan fingerprint density at radius 3 is 1.14 bits per heavy atom. The Labute approximate surface area is 319 Å². The van der Waals surface area contributed by atoms with Crippen LogP contribution in [0, 0.1) is 0 Å². The van der Waals surface area contributed by atoms with Crippen molar-refractivity contribution in [2.75, 3.05) is 0 Å². The molecule has 8 aromatic rings. The number of benzene rings is 6.